The average Bonchev–Trinajstić information content (AvgIpc) is 2.72. The fraction of sp³-hybridized carbons (Fsp3) is 0.385. The van der Waals surface area contributed by atoms with E-state index in [4.69, 9.17) is 11.6 Å². The first-order valence-electron chi connectivity index (χ1n) is 6.36. The number of anilines is 1. The Morgan fingerprint density at radius 1 is 1.14 bits per heavy atom. The maximum atomic E-state index is 12.4. The summed E-state index contributed by atoms with van der Waals surface area (Å²) < 4.78 is 0. The van der Waals surface area contributed by atoms with Crippen LogP contribution in [0.4, 0.5) is 5.95 Å². The lowest BCUT2D eigenvalue weighted by Gasteiger charge is -2.18. The van der Waals surface area contributed by atoms with Crippen molar-refractivity contribution in [2.75, 3.05) is 5.01 Å². The monoisotopic (exact) mass is 305 g/mol. The summed E-state index contributed by atoms with van der Waals surface area (Å²) in [7, 11) is 0. The molecule has 2 aliphatic heterocycles. The number of nitrogens with zero attached hydrogens (tertiary/aromatic N) is 5. The molecule has 3 heterocycles. The van der Waals surface area contributed by atoms with Gasteiger partial charge >= 0.3 is 0 Å². The number of halogens is 1. The third-order valence-corrected chi connectivity index (χ3v) is 3.80. The van der Waals surface area contributed by atoms with Crippen LogP contribution in [0, 0.1) is 19.8 Å². The van der Waals surface area contributed by atoms with Crippen molar-refractivity contribution in [2.24, 2.45) is 16.0 Å². The fourth-order valence-corrected chi connectivity index (χ4v) is 2.49. The lowest BCUT2D eigenvalue weighted by Crippen LogP contribution is -2.42. The number of hydrazone groups is 1. The van der Waals surface area contributed by atoms with E-state index in [2.05, 4.69) is 20.1 Å². The molecule has 1 aromatic heterocycles. The molecule has 2 atom stereocenters. The summed E-state index contributed by atoms with van der Waals surface area (Å²) >= 11 is 5.96. The summed E-state index contributed by atoms with van der Waals surface area (Å²) in [5.41, 5.74) is 1.86. The number of aryl methyl sites for hydroxylation is 2. The molecule has 0 radical (unpaired) electrons. The minimum absolute atomic E-state index is 0.145. The molecule has 0 fully saturated rings. The third kappa shape index (κ3) is 2.13. The number of amides is 1. The number of carbonyl (C=O) groups is 2. The first-order chi connectivity index (χ1) is 9.88. The first-order valence-corrected chi connectivity index (χ1v) is 6.80. The molecule has 7 nitrogen and oxygen atoms in total. The summed E-state index contributed by atoms with van der Waals surface area (Å²) in [6, 6.07) is 1.78. The molecule has 3 rings (SSSR count). The Balaban J connectivity index is 2.05. The van der Waals surface area contributed by atoms with Gasteiger partial charge in [-0.05, 0) is 26.8 Å². The average molecular weight is 306 g/mol. The van der Waals surface area contributed by atoms with Crippen LogP contribution in [0.15, 0.2) is 16.2 Å². The SMILES string of the molecule is CC1=NC2=NN(c3nc(C)cc(C)n3)C(=O)C2C(=O)C1Cl. The Morgan fingerprint density at radius 2 is 1.76 bits per heavy atom. The van der Waals surface area contributed by atoms with Gasteiger partial charge in [-0.2, -0.15) is 5.01 Å². The second-order valence-corrected chi connectivity index (χ2v) is 5.45. The second-order valence-electron chi connectivity index (χ2n) is 5.01. The lowest BCUT2D eigenvalue weighted by molar-refractivity contribution is -0.128. The smallest absolute Gasteiger partial charge is 0.268 e. The molecule has 2 aliphatic rings. The summed E-state index contributed by atoms with van der Waals surface area (Å²) in [6.45, 7) is 5.22. The number of amidine groups is 1. The maximum Gasteiger partial charge on any atom is 0.268 e. The fourth-order valence-electron chi connectivity index (χ4n) is 2.31. The Kier molecular flexibility index (Phi) is 3.09. The molecule has 21 heavy (non-hydrogen) atoms. The highest BCUT2D eigenvalue weighted by Gasteiger charge is 2.48. The maximum absolute atomic E-state index is 12.4. The standard InChI is InChI=1S/C13H12ClN5O2/c1-5-4-6(2)16-13(15-5)19-12(21)8-10(20)9(14)7(3)17-11(8)18-19/h4,8-9H,1-3H3. The summed E-state index contributed by atoms with van der Waals surface area (Å²) in [4.78, 5) is 37.1. The Bertz CT molecular complexity index is 707. The zero-order valence-electron chi connectivity index (χ0n) is 11.7. The van der Waals surface area contributed by atoms with E-state index in [1.165, 1.54) is 0 Å². The van der Waals surface area contributed by atoms with Crippen LogP contribution >= 0.6 is 11.6 Å². The Labute approximate surface area is 125 Å². The second kappa shape index (κ2) is 4.70. The van der Waals surface area contributed by atoms with Crippen LogP contribution in [-0.4, -0.2) is 38.6 Å². The van der Waals surface area contributed by atoms with Crippen LogP contribution in [0.3, 0.4) is 0 Å². The van der Waals surface area contributed by atoms with Crippen LogP contribution in [0.5, 0.6) is 0 Å². The predicted molar refractivity (Wildman–Crippen MR) is 77.7 cm³/mol. The number of Topliss-reactive ketones (excluding diaryl/α,β-unsaturated/α-hetero) is 1. The van der Waals surface area contributed by atoms with Gasteiger partial charge in [-0.15, -0.1) is 16.7 Å². The normalized spacial score (nSPS) is 24.9. The van der Waals surface area contributed by atoms with Crippen molar-refractivity contribution in [3.63, 3.8) is 0 Å². The molecule has 0 saturated carbocycles. The highest BCUT2D eigenvalue weighted by molar-refractivity contribution is 6.50. The van der Waals surface area contributed by atoms with E-state index in [1.807, 2.05) is 0 Å². The highest BCUT2D eigenvalue weighted by Crippen LogP contribution is 2.28. The van der Waals surface area contributed by atoms with Crippen LogP contribution in [-0.2, 0) is 9.59 Å². The number of alkyl halides is 1. The van der Waals surface area contributed by atoms with Crippen molar-refractivity contribution >= 4 is 40.8 Å². The molecule has 108 valence electrons. The molecule has 1 amide bonds. The molecule has 0 bridgehead atoms. The summed E-state index contributed by atoms with van der Waals surface area (Å²) in [5, 5.41) is 4.23. The highest BCUT2D eigenvalue weighted by atomic mass is 35.5. The summed E-state index contributed by atoms with van der Waals surface area (Å²) in [6.07, 6.45) is 0. The number of aliphatic imine (C=N–C) groups is 1. The van der Waals surface area contributed by atoms with Gasteiger partial charge in [-0.3, -0.25) is 9.59 Å². The van der Waals surface area contributed by atoms with E-state index >= 15 is 0 Å². The zero-order valence-corrected chi connectivity index (χ0v) is 12.4. The number of carbonyl (C=O) groups excluding carboxylic acids is 2. The van der Waals surface area contributed by atoms with Crippen LogP contribution in [0.1, 0.15) is 18.3 Å². The molecule has 2 unspecified atom stereocenters. The predicted octanol–water partition coefficient (Wildman–Crippen LogP) is 1.02. The quantitative estimate of drug-likeness (QED) is 0.572. The Hall–Kier alpha value is -2.15. The van der Waals surface area contributed by atoms with E-state index < -0.39 is 23.0 Å². The van der Waals surface area contributed by atoms with Gasteiger partial charge in [0.25, 0.3) is 11.9 Å². The lowest BCUT2D eigenvalue weighted by atomic mass is 9.95. The molecule has 0 spiro atoms. The van der Waals surface area contributed by atoms with E-state index in [-0.39, 0.29) is 11.8 Å². The number of fused-ring (bicyclic) bond motifs is 1. The number of rotatable bonds is 1. The topological polar surface area (TPSA) is 87.9 Å². The van der Waals surface area contributed by atoms with E-state index in [0.29, 0.717) is 17.1 Å². The zero-order chi connectivity index (χ0) is 15.3. The molecular weight excluding hydrogens is 294 g/mol. The minimum Gasteiger partial charge on any atom is -0.296 e. The van der Waals surface area contributed by atoms with Crippen molar-refractivity contribution in [1.29, 1.82) is 0 Å². The molecule has 0 aliphatic carbocycles. The molecule has 8 heteroatoms. The van der Waals surface area contributed by atoms with Crippen LogP contribution in [0.2, 0.25) is 0 Å². The van der Waals surface area contributed by atoms with Crippen molar-refractivity contribution in [1.82, 2.24) is 9.97 Å². The number of aromatic nitrogens is 2. The first kappa shape index (κ1) is 13.8. The largest absolute Gasteiger partial charge is 0.296 e. The van der Waals surface area contributed by atoms with Gasteiger partial charge in [0.15, 0.2) is 17.5 Å². The van der Waals surface area contributed by atoms with Gasteiger partial charge in [0.05, 0.1) is 0 Å². The third-order valence-electron chi connectivity index (χ3n) is 3.27. The number of hydrogen-bond donors (Lipinski definition) is 0. The van der Waals surface area contributed by atoms with Crippen molar-refractivity contribution in [3.05, 3.63) is 17.5 Å². The summed E-state index contributed by atoms with van der Waals surface area (Å²) in [5.74, 6) is -1.67. The molecular formula is C13H12ClN5O2. The van der Waals surface area contributed by atoms with E-state index in [0.717, 1.165) is 5.01 Å². The van der Waals surface area contributed by atoms with Crippen LogP contribution in [0.25, 0.3) is 0 Å². The minimum atomic E-state index is -1.05. The Morgan fingerprint density at radius 3 is 2.38 bits per heavy atom. The van der Waals surface area contributed by atoms with Gasteiger partial charge in [0.1, 0.15) is 5.38 Å². The van der Waals surface area contributed by atoms with Crippen molar-refractivity contribution in [2.45, 2.75) is 26.1 Å². The number of ketones is 1. The van der Waals surface area contributed by atoms with Gasteiger partial charge in [-0.1, -0.05) is 0 Å². The van der Waals surface area contributed by atoms with Crippen molar-refractivity contribution < 1.29 is 9.59 Å². The molecule has 1 aromatic rings. The molecule has 0 saturated heterocycles. The molecule has 0 N–H and O–H groups in total. The van der Waals surface area contributed by atoms with Gasteiger partial charge in [-0.25, -0.2) is 15.0 Å². The van der Waals surface area contributed by atoms with Gasteiger partial charge in [0.2, 0.25) is 0 Å². The van der Waals surface area contributed by atoms with Crippen LogP contribution < -0.4 is 5.01 Å². The van der Waals surface area contributed by atoms with Crippen molar-refractivity contribution in [3.8, 4) is 0 Å². The van der Waals surface area contributed by atoms with E-state index in [9.17, 15) is 9.59 Å². The van der Waals surface area contributed by atoms with E-state index in [1.54, 1.807) is 26.8 Å². The van der Waals surface area contributed by atoms with Gasteiger partial charge in [0, 0.05) is 17.1 Å². The number of hydrogen-bond acceptors (Lipinski definition) is 6. The molecule has 0 aromatic carbocycles. The van der Waals surface area contributed by atoms with Gasteiger partial charge < -0.3 is 0 Å².